The van der Waals surface area contributed by atoms with E-state index in [9.17, 15) is 22.8 Å². The minimum absolute atomic E-state index is 0.132. The Morgan fingerprint density at radius 3 is 2.37 bits per heavy atom. The van der Waals surface area contributed by atoms with Crippen LogP contribution in [0.4, 0.5) is 23.9 Å². The number of anilines is 1. The molecule has 0 aliphatic heterocycles. The zero-order valence-corrected chi connectivity index (χ0v) is 9.82. The van der Waals surface area contributed by atoms with E-state index in [1.807, 2.05) is 5.32 Å². The highest BCUT2D eigenvalue weighted by Crippen LogP contribution is 2.30. The summed E-state index contributed by atoms with van der Waals surface area (Å²) in [6.45, 7) is 0.339. The van der Waals surface area contributed by atoms with Crippen LogP contribution in [0.15, 0.2) is 6.33 Å². The van der Waals surface area contributed by atoms with Gasteiger partial charge in [0.25, 0.3) is 0 Å². The Bertz CT molecular complexity index is 500. The second-order valence-corrected chi connectivity index (χ2v) is 3.71. The number of carbonyl (C=O) groups excluding carboxylic acids is 1. The van der Waals surface area contributed by atoms with Gasteiger partial charge in [0.1, 0.15) is 6.33 Å². The number of hydrogen-bond acceptors (Lipinski definition) is 4. The number of aromatic nitrogens is 3. The number of nitrogens with zero attached hydrogens (tertiary/aromatic N) is 3. The van der Waals surface area contributed by atoms with E-state index in [4.69, 9.17) is 5.11 Å². The summed E-state index contributed by atoms with van der Waals surface area (Å²) >= 11 is 0. The van der Waals surface area contributed by atoms with Crippen LogP contribution < -0.4 is 10.6 Å². The summed E-state index contributed by atoms with van der Waals surface area (Å²) in [5.41, 5.74) is -3.41. The molecule has 19 heavy (non-hydrogen) atoms. The molecule has 2 amide bonds. The molecule has 1 heterocycles. The Balaban J connectivity index is 2.85. The lowest BCUT2D eigenvalue weighted by molar-refractivity contribution is -0.203. The maximum Gasteiger partial charge on any atom is 0.422 e. The number of halogens is 3. The molecule has 0 fully saturated rings. The summed E-state index contributed by atoms with van der Waals surface area (Å²) < 4.78 is 38.9. The summed E-state index contributed by atoms with van der Waals surface area (Å²) in [7, 11) is 1.39. The monoisotopic (exact) mass is 281 g/mol. The molecule has 0 spiro atoms. The summed E-state index contributed by atoms with van der Waals surface area (Å²) in [6, 6.07) is -1.36. The lowest BCUT2D eigenvalue weighted by Crippen LogP contribution is -2.62. The number of carboxylic acids is 1. The van der Waals surface area contributed by atoms with Crippen molar-refractivity contribution in [1.82, 2.24) is 20.1 Å². The van der Waals surface area contributed by atoms with Crippen LogP contribution in [0, 0.1) is 0 Å². The molecule has 1 atom stereocenters. The fourth-order valence-electron chi connectivity index (χ4n) is 1.01. The predicted molar refractivity (Wildman–Crippen MR) is 55.3 cm³/mol. The molecule has 0 aromatic carbocycles. The zero-order valence-electron chi connectivity index (χ0n) is 9.82. The first kappa shape index (κ1) is 14.7. The molecule has 1 aromatic rings. The lowest BCUT2D eigenvalue weighted by atomic mass is 10.0. The van der Waals surface area contributed by atoms with Gasteiger partial charge < -0.3 is 10.4 Å². The molecule has 1 aromatic heterocycles. The van der Waals surface area contributed by atoms with Crippen LogP contribution in [0.25, 0.3) is 0 Å². The Morgan fingerprint density at radius 2 is 2.00 bits per heavy atom. The maximum absolute atomic E-state index is 12.6. The number of aliphatic carboxylic acids is 1. The van der Waals surface area contributed by atoms with Crippen LogP contribution in [0.3, 0.4) is 0 Å². The van der Waals surface area contributed by atoms with Crippen molar-refractivity contribution in [3.05, 3.63) is 6.33 Å². The fraction of sp³-hybridized carbons (Fsp3) is 0.500. The van der Waals surface area contributed by atoms with Gasteiger partial charge in [0.05, 0.1) is 0 Å². The highest BCUT2D eigenvalue weighted by molar-refractivity contribution is 5.93. The first-order valence-corrected chi connectivity index (χ1v) is 4.81. The number of hydrogen-bond donors (Lipinski definition) is 3. The molecule has 1 unspecified atom stereocenters. The van der Waals surface area contributed by atoms with E-state index in [2.05, 4.69) is 10.1 Å². The average molecular weight is 281 g/mol. The first-order chi connectivity index (χ1) is 8.58. The zero-order chi connectivity index (χ0) is 14.8. The molecule has 11 heteroatoms. The van der Waals surface area contributed by atoms with E-state index >= 15 is 0 Å². The third kappa shape index (κ3) is 2.92. The number of aryl methyl sites for hydroxylation is 1. The molecule has 3 N–H and O–H groups in total. The van der Waals surface area contributed by atoms with Crippen molar-refractivity contribution in [1.29, 1.82) is 0 Å². The van der Waals surface area contributed by atoms with Gasteiger partial charge in [-0.3, -0.25) is 5.32 Å². The van der Waals surface area contributed by atoms with Gasteiger partial charge in [0.15, 0.2) is 0 Å². The van der Waals surface area contributed by atoms with Gasteiger partial charge in [-0.25, -0.2) is 14.3 Å². The van der Waals surface area contributed by atoms with Gasteiger partial charge in [-0.1, -0.05) is 0 Å². The van der Waals surface area contributed by atoms with E-state index in [0.29, 0.717) is 6.92 Å². The standard InChI is InChI=1S/C8H10F3N5O3/c1-7(4(17)18,8(9,10)11)15-6(19)14-5-12-3-13-16(5)2/h3H,1-2H3,(H,17,18)(H2,12,13,14,15,19). The van der Waals surface area contributed by atoms with Crippen molar-refractivity contribution in [3.63, 3.8) is 0 Å². The highest BCUT2D eigenvalue weighted by Gasteiger charge is 2.58. The van der Waals surface area contributed by atoms with E-state index in [-0.39, 0.29) is 5.95 Å². The van der Waals surface area contributed by atoms with Crippen molar-refractivity contribution in [2.75, 3.05) is 5.32 Å². The third-order valence-corrected chi connectivity index (χ3v) is 2.29. The molecule has 106 valence electrons. The number of alkyl halides is 3. The molecule has 0 saturated carbocycles. The smallest absolute Gasteiger partial charge is 0.422 e. The quantitative estimate of drug-likeness (QED) is 0.740. The van der Waals surface area contributed by atoms with Gasteiger partial charge in [0, 0.05) is 7.05 Å². The van der Waals surface area contributed by atoms with Crippen LogP contribution in [0.5, 0.6) is 0 Å². The molecule has 0 saturated heterocycles. The van der Waals surface area contributed by atoms with E-state index in [1.54, 1.807) is 0 Å². The average Bonchev–Trinajstić information content (AvgIpc) is 2.62. The van der Waals surface area contributed by atoms with Crippen molar-refractivity contribution < 1.29 is 27.9 Å². The van der Waals surface area contributed by atoms with Crippen molar-refractivity contribution >= 4 is 17.9 Å². The van der Waals surface area contributed by atoms with Crippen molar-refractivity contribution in [3.8, 4) is 0 Å². The highest BCUT2D eigenvalue weighted by atomic mass is 19.4. The molecule has 0 aliphatic rings. The Morgan fingerprint density at radius 1 is 1.42 bits per heavy atom. The number of carboxylic acid groups (broad SMARTS) is 1. The van der Waals surface area contributed by atoms with Gasteiger partial charge in [0.2, 0.25) is 11.5 Å². The molecule has 1 rings (SSSR count). The molecular formula is C8H10F3N5O3. The SMILES string of the molecule is Cn1ncnc1NC(=O)NC(C)(C(=O)O)C(F)(F)F. The number of nitrogens with one attached hydrogen (secondary N) is 2. The van der Waals surface area contributed by atoms with Crippen LogP contribution >= 0.6 is 0 Å². The summed E-state index contributed by atoms with van der Waals surface area (Å²) in [4.78, 5) is 25.6. The summed E-state index contributed by atoms with van der Waals surface area (Å²) in [5, 5.41) is 15.5. The van der Waals surface area contributed by atoms with Gasteiger partial charge in [-0.2, -0.15) is 23.3 Å². The van der Waals surface area contributed by atoms with Crippen molar-refractivity contribution in [2.24, 2.45) is 7.05 Å². The second-order valence-electron chi connectivity index (χ2n) is 3.71. The second kappa shape index (κ2) is 4.74. The first-order valence-electron chi connectivity index (χ1n) is 4.81. The minimum atomic E-state index is -5.16. The van der Waals surface area contributed by atoms with Crippen LogP contribution in [-0.2, 0) is 11.8 Å². The molecule has 0 aliphatic carbocycles. The van der Waals surface area contributed by atoms with Crippen LogP contribution in [-0.4, -0.2) is 43.6 Å². The summed E-state index contributed by atoms with van der Waals surface area (Å²) in [6.07, 6.45) is -4.09. The number of carbonyl (C=O) groups is 2. The number of rotatable bonds is 3. The number of amides is 2. The Kier molecular flexibility index (Phi) is 3.68. The number of urea groups is 1. The summed E-state index contributed by atoms with van der Waals surface area (Å²) in [5.74, 6) is -2.36. The third-order valence-electron chi connectivity index (χ3n) is 2.29. The normalized spacial score (nSPS) is 14.6. The molecular weight excluding hydrogens is 271 g/mol. The topological polar surface area (TPSA) is 109 Å². The molecule has 8 nitrogen and oxygen atoms in total. The maximum atomic E-state index is 12.6. The molecule has 0 bridgehead atoms. The van der Waals surface area contributed by atoms with Crippen LogP contribution in [0.1, 0.15) is 6.92 Å². The van der Waals surface area contributed by atoms with E-state index in [1.165, 1.54) is 12.4 Å². The minimum Gasteiger partial charge on any atom is -0.479 e. The molecule has 0 radical (unpaired) electrons. The van der Waals surface area contributed by atoms with E-state index in [0.717, 1.165) is 11.0 Å². The van der Waals surface area contributed by atoms with Crippen molar-refractivity contribution in [2.45, 2.75) is 18.6 Å². The Hall–Kier alpha value is -2.33. The van der Waals surface area contributed by atoms with Crippen LogP contribution in [0.2, 0.25) is 0 Å². The van der Waals surface area contributed by atoms with Gasteiger partial charge >= 0.3 is 18.2 Å². The van der Waals surface area contributed by atoms with Gasteiger partial charge in [-0.05, 0) is 6.92 Å². The van der Waals surface area contributed by atoms with Gasteiger partial charge in [-0.15, -0.1) is 0 Å². The van der Waals surface area contributed by atoms with E-state index < -0.39 is 23.7 Å². The predicted octanol–water partition coefficient (Wildman–Crippen LogP) is 0.342. The fourth-order valence-corrected chi connectivity index (χ4v) is 1.01. The lowest BCUT2D eigenvalue weighted by Gasteiger charge is -2.28. The largest absolute Gasteiger partial charge is 0.479 e. The Labute approximate surface area is 104 Å².